The van der Waals surface area contributed by atoms with E-state index in [0.717, 1.165) is 20.9 Å². The molecule has 1 aromatic rings. The van der Waals surface area contributed by atoms with Gasteiger partial charge in [0.15, 0.2) is 0 Å². The lowest BCUT2D eigenvalue weighted by Crippen LogP contribution is -1.87. The Morgan fingerprint density at radius 3 is 2.27 bits per heavy atom. The van der Waals surface area contributed by atoms with Crippen molar-refractivity contribution in [1.29, 1.82) is 0 Å². The van der Waals surface area contributed by atoms with Gasteiger partial charge in [-0.1, -0.05) is 39.5 Å². The standard InChI is InChI=1S/C13H8Br2/c14-12-5-1-10(2-6-12)9-11-3-7-13(15)8-4-11/h1-3,5-7H,9H2. The molecule has 0 nitrogen and oxygen atoms in total. The zero-order chi connectivity index (χ0) is 10.7. The summed E-state index contributed by atoms with van der Waals surface area (Å²) in [4.78, 5) is 0. The number of allylic oxidation sites excluding steroid dienone is 4. The second-order valence-electron chi connectivity index (χ2n) is 3.26. The summed E-state index contributed by atoms with van der Waals surface area (Å²) in [5.41, 5.74) is 8.57. The number of rotatable bonds is 2. The molecule has 0 spiro atoms. The molecular weight excluding hydrogens is 316 g/mol. The fraction of sp³-hybridized carbons (Fsp3) is 0.0769. The summed E-state index contributed by atoms with van der Waals surface area (Å²) in [5, 5.41) is 0. The van der Waals surface area contributed by atoms with Crippen molar-refractivity contribution in [3.8, 4) is 0 Å². The molecule has 0 aliphatic heterocycles. The average molecular weight is 324 g/mol. The molecule has 0 saturated carbocycles. The van der Waals surface area contributed by atoms with Gasteiger partial charge in [-0.05, 0) is 45.8 Å². The molecule has 2 rings (SSSR count). The van der Waals surface area contributed by atoms with E-state index < -0.39 is 0 Å². The van der Waals surface area contributed by atoms with Gasteiger partial charge in [0.2, 0.25) is 0 Å². The molecule has 0 N–H and O–H groups in total. The van der Waals surface area contributed by atoms with Crippen LogP contribution in [0.5, 0.6) is 0 Å². The van der Waals surface area contributed by atoms with Crippen molar-refractivity contribution in [3.63, 3.8) is 0 Å². The van der Waals surface area contributed by atoms with Crippen molar-refractivity contribution >= 4 is 31.9 Å². The van der Waals surface area contributed by atoms with E-state index in [2.05, 4.69) is 73.7 Å². The van der Waals surface area contributed by atoms with E-state index in [1.165, 1.54) is 5.56 Å². The minimum atomic E-state index is 0.900. The lowest BCUT2D eigenvalue weighted by Gasteiger charge is -2.01. The summed E-state index contributed by atoms with van der Waals surface area (Å²) < 4.78 is 2.06. The smallest absolute Gasteiger partial charge is 0.0652 e. The summed E-state index contributed by atoms with van der Waals surface area (Å²) in [6.45, 7) is 0. The Kier molecular flexibility index (Phi) is 3.45. The molecule has 0 bridgehead atoms. The Balaban J connectivity index is 2.21. The van der Waals surface area contributed by atoms with Gasteiger partial charge in [-0.15, -0.1) is 0 Å². The summed E-state index contributed by atoms with van der Waals surface area (Å²) >= 11 is 6.77. The first-order chi connectivity index (χ1) is 7.24. The molecule has 0 amide bonds. The maximum Gasteiger partial charge on any atom is 0.0678 e. The Morgan fingerprint density at radius 2 is 1.67 bits per heavy atom. The highest BCUT2D eigenvalue weighted by Gasteiger charge is 1.98. The van der Waals surface area contributed by atoms with E-state index in [0.29, 0.717) is 0 Å². The first-order valence-corrected chi connectivity index (χ1v) is 6.15. The fourth-order valence-electron chi connectivity index (χ4n) is 1.32. The Labute approximate surface area is 106 Å². The molecule has 74 valence electrons. The second-order valence-corrected chi connectivity index (χ2v) is 5.03. The van der Waals surface area contributed by atoms with Gasteiger partial charge in [0, 0.05) is 16.5 Å². The van der Waals surface area contributed by atoms with Gasteiger partial charge in [0.25, 0.3) is 0 Å². The quantitative estimate of drug-likeness (QED) is 0.702. The normalized spacial score (nSPS) is 13.7. The molecule has 0 atom stereocenters. The predicted molar refractivity (Wildman–Crippen MR) is 70.0 cm³/mol. The molecule has 1 aromatic carbocycles. The minimum absolute atomic E-state index is 0.900. The molecular formula is C13H8Br2. The van der Waals surface area contributed by atoms with E-state index in [9.17, 15) is 0 Å². The zero-order valence-electron chi connectivity index (χ0n) is 7.93. The van der Waals surface area contributed by atoms with E-state index in [1.807, 2.05) is 6.08 Å². The summed E-state index contributed by atoms with van der Waals surface area (Å²) in [6.07, 6.45) is 4.95. The van der Waals surface area contributed by atoms with Crippen LogP contribution in [0.15, 0.2) is 62.4 Å². The molecule has 0 radical (unpaired) electrons. The van der Waals surface area contributed by atoms with E-state index in [4.69, 9.17) is 0 Å². The predicted octanol–water partition coefficient (Wildman–Crippen LogP) is 4.52. The molecule has 2 heteroatoms. The van der Waals surface area contributed by atoms with Gasteiger partial charge >= 0.3 is 0 Å². The van der Waals surface area contributed by atoms with Crippen LogP contribution in [0.1, 0.15) is 5.56 Å². The molecule has 0 heterocycles. The highest BCUT2D eigenvalue weighted by Crippen LogP contribution is 2.16. The highest BCUT2D eigenvalue weighted by atomic mass is 79.9. The van der Waals surface area contributed by atoms with Gasteiger partial charge in [0.1, 0.15) is 0 Å². The minimum Gasteiger partial charge on any atom is -0.0652 e. The third kappa shape index (κ3) is 3.09. The van der Waals surface area contributed by atoms with Crippen LogP contribution in [-0.2, 0) is 6.42 Å². The maximum absolute atomic E-state index is 3.42. The number of halogens is 2. The lowest BCUT2D eigenvalue weighted by atomic mass is 10.0. The van der Waals surface area contributed by atoms with Gasteiger partial charge in [0.05, 0.1) is 4.48 Å². The van der Waals surface area contributed by atoms with Crippen molar-refractivity contribution in [2.75, 3.05) is 0 Å². The fourth-order valence-corrected chi connectivity index (χ4v) is 1.82. The third-order valence-electron chi connectivity index (χ3n) is 2.08. The largest absolute Gasteiger partial charge is 0.0678 e. The highest BCUT2D eigenvalue weighted by molar-refractivity contribution is 9.11. The van der Waals surface area contributed by atoms with Crippen LogP contribution in [-0.4, -0.2) is 0 Å². The molecule has 0 saturated heterocycles. The summed E-state index contributed by atoms with van der Waals surface area (Å²) in [6, 6.07) is 8.33. The Morgan fingerprint density at radius 1 is 0.933 bits per heavy atom. The Bertz CT molecular complexity index is 494. The van der Waals surface area contributed by atoms with Crippen LogP contribution in [0.25, 0.3) is 0 Å². The molecule has 0 unspecified atom stereocenters. The molecule has 15 heavy (non-hydrogen) atoms. The van der Waals surface area contributed by atoms with Crippen molar-refractivity contribution in [3.05, 3.63) is 68.0 Å². The second kappa shape index (κ2) is 4.83. The van der Waals surface area contributed by atoms with Crippen LogP contribution < -0.4 is 0 Å². The summed E-state index contributed by atoms with van der Waals surface area (Å²) in [7, 11) is 0. The van der Waals surface area contributed by atoms with Crippen LogP contribution in [0, 0.1) is 0 Å². The van der Waals surface area contributed by atoms with Crippen LogP contribution >= 0.6 is 31.9 Å². The molecule has 1 aliphatic carbocycles. The first kappa shape index (κ1) is 10.7. The SMILES string of the molecule is BrC1=C=C=C(Cc2ccc(Br)cc2)C=C1. The average Bonchev–Trinajstić information content (AvgIpc) is 2.25. The van der Waals surface area contributed by atoms with Gasteiger partial charge in [-0.2, -0.15) is 0 Å². The first-order valence-electron chi connectivity index (χ1n) is 4.57. The van der Waals surface area contributed by atoms with Crippen molar-refractivity contribution in [2.45, 2.75) is 6.42 Å². The van der Waals surface area contributed by atoms with E-state index in [1.54, 1.807) is 0 Å². The monoisotopic (exact) mass is 322 g/mol. The molecule has 0 aromatic heterocycles. The van der Waals surface area contributed by atoms with Crippen molar-refractivity contribution < 1.29 is 0 Å². The number of hydrogen-bond donors (Lipinski definition) is 0. The Hall–Kier alpha value is -0.780. The maximum atomic E-state index is 3.42. The number of benzene rings is 1. The zero-order valence-corrected chi connectivity index (χ0v) is 11.1. The van der Waals surface area contributed by atoms with Crippen LogP contribution in [0.3, 0.4) is 0 Å². The molecule has 1 aliphatic rings. The van der Waals surface area contributed by atoms with Crippen LogP contribution in [0.2, 0.25) is 0 Å². The van der Waals surface area contributed by atoms with Crippen molar-refractivity contribution in [2.24, 2.45) is 0 Å². The van der Waals surface area contributed by atoms with E-state index >= 15 is 0 Å². The van der Waals surface area contributed by atoms with Gasteiger partial charge in [-0.3, -0.25) is 0 Å². The topological polar surface area (TPSA) is 0 Å². The number of hydrogen-bond acceptors (Lipinski definition) is 0. The van der Waals surface area contributed by atoms with Gasteiger partial charge in [-0.25, -0.2) is 0 Å². The third-order valence-corrected chi connectivity index (χ3v) is 3.07. The van der Waals surface area contributed by atoms with Crippen LogP contribution in [0.4, 0.5) is 0 Å². The van der Waals surface area contributed by atoms with Crippen molar-refractivity contribution in [1.82, 2.24) is 0 Å². The lowest BCUT2D eigenvalue weighted by molar-refractivity contribution is 1.20. The van der Waals surface area contributed by atoms with E-state index in [-0.39, 0.29) is 0 Å². The van der Waals surface area contributed by atoms with Gasteiger partial charge < -0.3 is 0 Å². The molecule has 0 fully saturated rings. The summed E-state index contributed by atoms with van der Waals surface area (Å²) in [5.74, 6) is 0.